The summed E-state index contributed by atoms with van der Waals surface area (Å²) < 4.78 is 0. The van der Waals surface area contributed by atoms with Crippen LogP contribution < -0.4 is 5.32 Å². The zero-order chi connectivity index (χ0) is 12.1. The van der Waals surface area contributed by atoms with Crippen molar-refractivity contribution in [2.45, 2.75) is 13.0 Å². The number of hydrogen-bond acceptors (Lipinski definition) is 2. The topological polar surface area (TPSA) is 32.3 Å². The zero-order valence-electron chi connectivity index (χ0n) is 9.93. The van der Waals surface area contributed by atoms with Crippen molar-refractivity contribution in [2.75, 3.05) is 11.9 Å². The Bertz CT molecular complexity index is 448. The predicted octanol–water partition coefficient (Wildman–Crippen LogP) is 3.15. The fourth-order valence-corrected chi connectivity index (χ4v) is 1.68. The lowest BCUT2D eigenvalue weighted by molar-refractivity contribution is 0.208. The molecule has 2 heteroatoms. The van der Waals surface area contributed by atoms with Crippen LogP contribution in [0.1, 0.15) is 6.92 Å². The van der Waals surface area contributed by atoms with Crippen molar-refractivity contribution in [3.05, 3.63) is 54.6 Å². The molecule has 17 heavy (non-hydrogen) atoms. The average molecular weight is 227 g/mol. The van der Waals surface area contributed by atoms with E-state index < -0.39 is 0 Å². The van der Waals surface area contributed by atoms with Crippen LogP contribution in [0, 0.1) is 0 Å². The normalized spacial score (nSPS) is 12.1. The van der Waals surface area contributed by atoms with Crippen LogP contribution in [0.2, 0.25) is 0 Å². The number of aliphatic hydroxyl groups excluding tert-OH is 1. The molecule has 2 rings (SSSR count). The standard InChI is InChI=1S/C15H17NO/c1-12(17)11-16-15-9-7-14(8-10-15)13-5-3-2-4-6-13/h2-10,12,16-17H,11H2,1H3/t12-/m1/s1. The average Bonchev–Trinajstić information content (AvgIpc) is 2.38. The Hall–Kier alpha value is -1.80. The minimum atomic E-state index is -0.330. The van der Waals surface area contributed by atoms with Gasteiger partial charge in [0.25, 0.3) is 0 Å². The second-order valence-corrected chi connectivity index (χ2v) is 4.17. The molecule has 0 bridgehead atoms. The third-order valence-corrected chi connectivity index (χ3v) is 2.59. The third-order valence-electron chi connectivity index (χ3n) is 2.59. The second kappa shape index (κ2) is 5.51. The van der Waals surface area contributed by atoms with E-state index in [2.05, 4.69) is 29.6 Å². The SMILES string of the molecule is C[C@@H](O)CNc1ccc(-c2ccccc2)cc1. The van der Waals surface area contributed by atoms with Crippen LogP contribution in [0.5, 0.6) is 0 Å². The number of benzene rings is 2. The molecular weight excluding hydrogens is 210 g/mol. The molecule has 2 N–H and O–H groups in total. The molecule has 2 nitrogen and oxygen atoms in total. The summed E-state index contributed by atoms with van der Waals surface area (Å²) in [5.74, 6) is 0. The lowest BCUT2D eigenvalue weighted by Crippen LogP contribution is -2.15. The fourth-order valence-electron chi connectivity index (χ4n) is 1.68. The summed E-state index contributed by atoms with van der Waals surface area (Å²) in [6.07, 6.45) is -0.330. The van der Waals surface area contributed by atoms with Gasteiger partial charge in [0.2, 0.25) is 0 Å². The first kappa shape index (κ1) is 11.7. The maximum absolute atomic E-state index is 9.18. The van der Waals surface area contributed by atoms with Gasteiger partial charge in [-0.3, -0.25) is 0 Å². The van der Waals surface area contributed by atoms with Gasteiger partial charge < -0.3 is 10.4 Å². The lowest BCUT2D eigenvalue weighted by Gasteiger charge is -2.09. The van der Waals surface area contributed by atoms with Crippen LogP contribution in [-0.2, 0) is 0 Å². The van der Waals surface area contributed by atoms with E-state index in [0.29, 0.717) is 6.54 Å². The number of anilines is 1. The van der Waals surface area contributed by atoms with Gasteiger partial charge in [0.1, 0.15) is 0 Å². The number of rotatable bonds is 4. The van der Waals surface area contributed by atoms with E-state index >= 15 is 0 Å². The largest absolute Gasteiger partial charge is 0.392 e. The van der Waals surface area contributed by atoms with Crippen molar-refractivity contribution < 1.29 is 5.11 Å². The van der Waals surface area contributed by atoms with E-state index in [1.807, 2.05) is 30.3 Å². The molecule has 2 aromatic rings. The van der Waals surface area contributed by atoms with E-state index in [-0.39, 0.29) is 6.10 Å². The molecule has 0 aromatic heterocycles. The smallest absolute Gasteiger partial charge is 0.0684 e. The molecule has 0 saturated heterocycles. The monoisotopic (exact) mass is 227 g/mol. The summed E-state index contributed by atoms with van der Waals surface area (Å²) in [5.41, 5.74) is 3.45. The van der Waals surface area contributed by atoms with Crippen LogP contribution >= 0.6 is 0 Å². The van der Waals surface area contributed by atoms with E-state index in [1.54, 1.807) is 6.92 Å². The first-order chi connectivity index (χ1) is 8.25. The minimum Gasteiger partial charge on any atom is -0.392 e. The summed E-state index contributed by atoms with van der Waals surface area (Å²) >= 11 is 0. The van der Waals surface area contributed by atoms with Gasteiger partial charge in [-0.1, -0.05) is 42.5 Å². The second-order valence-electron chi connectivity index (χ2n) is 4.17. The molecule has 0 aliphatic rings. The van der Waals surface area contributed by atoms with Gasteiger partial charge in [0, 0.05) is 12.2 Å². The first-order valence-electron chi connectivity index (χ1n) is 5.83. The molecule has 88 valence electrons. The van der Waals surface area contributed by atoms with Gasteiger partial charge in [-0.15, -0.1) is 0 Å². The first-order valence-corrected chi connectivity index (χ1v) is 5.83. The Morgan fingerprint density at radius 2 is 1.53 bits per heavy atom. The van der Waals surface area contributed by atoms with Gasteiger partial charge >= 0.3 is 0 Å². The van der Waals surface area contributed by atoms with Gasteiger partial charge in [-0.2, -0.15) is 0 Å². The van der Waals surface area contributed by atoms with Crippen LogP contribution in [0.15, 0.2) is 54.6 Å². The molecule has 0 amide bonds. The van der Waals surface area contributed by atoms with E-state index in [0.717, 1.165) is 5.69 Å². The molecule has 1 atom stereocenters. The molecule has 0 radical (unpaired) electrons. The van der Waals surface area contributed by atoms with Crippen LogP contribution in [0.3, 0.4) is 0 Å². The lowest BCUT2D eigenvalue weighted by atomic mass is 10.1. The van der Waals surface area contributed by atoms with Crippen molar-refractivity contribution in [2.24, 2.45) is 0 Å². The predicted molar refractivity (Wildman–Crippen MR) is 72.0 cm³/mol. The zero-order valence-corrected chi connectivity index (χ0v) is 9.93. The Kier molecular flexibility index (Phi) is 3.78. The summed E-state index contributed by atoms with van der Waals surface area (Å²) in [4.78, 5) is 0. The minimum absolute atomic E-state index is 0.330. The summed E-state index contributed by atoms with van der Waals surface area (Å²) in [6.45, 7) is 2.34. The number of aliphatic hydroxyl groups is 1. The molecule has 0 aliphatic carbocycles. The van der Waals surface area contributed by atoms with Crippen molar-refractivity contribution >= 4 is 5.69 Å². The van der Waals surface area contributed by atoms with Gasteiger partial charge in [-0.25, -0.2) is 0 Å². The molecule has 0 spiro atoms. The van der Waals surface area contributed by atoms with Crippen LogP contribution in [0.25, 0.3) is 11.1 Å². The molecule has 0 heterocycles. The molecule has 0 unspecified atom stereocenters. The van der Waals surface area contributed by atoms with Gasteiger partial charge in [-0.05, 0) is 30.2 Å². The fraction of sp³-hybridized carbons (Fsp3) is 0.200. The van der Waals surface area contributed by atoms with Crippen molar-refractivity contribution in [3.8, 4) is 11.1 Å². The molecule has 2 aromatic carbocycles. The van der Waals surface area contributed by atoms with Gasteiger partial charge in [0.05, 0.1) is 6.10 Å². The van der Waals surface area contributed by atoms with E-state index in [9.17, 15) is 5.11 Å². The Morgan fingerprint density at radius 1 is 0.941 bits per heavy atom. The molecule has 0 saturated carbocycles. The highest BCUT2D eigenvalue weighted by molar-refractivity contribution is 5.65. The number of nitrogens with one attached hydrogen (secondary N) is 1. The van der Waals surface area contributed by atoms with E-state index in [4.69, 9.17) is 0 Å². The van der Waals surface area contributed by atoms with Crippen LogP contribution in [-0.4, -0.2) is 17.8 Å². The highest BCUT2D eigenvalue weighted by Gasteiger charge is 1.98. The highest BCUT2D eigenvalue weighted by atomic mass is 16.3. The van der Waals surface area contributed by atoms with Gasteiger partial charge in [0.15, 0.2) is 0 Å². The summed E-state index contributed by atoms with van der Waals surface area (Å²) in [6, 6.07) is 18.5. The van der Waals surface area contributed by atoms with Crippen molar-refractivity contribution in [1.29, 1.82) is 0 Å². The van der Waals surface area contributed by atoms with Crippen molar-refractivity contribution in [1.82, 2.24) is 0 Å². The Labute approximate surface area is 102 Å². The van der Waals surface area contributed by atoms with Crippen LogP contribution in [0.4, 0.5) is 5.69 Å². The highest BCUT2D eigenvalue weighted by Crippen LogP contribution is 2.20. The maximum Gasteiger partial charge on any atom is 0.0684 e. The summed E-state index contributed by atoms with van der Waals surface area (Å²) in [7, 11) is 0. The molecular formula is C15H17NO. The number of hydrogen-bond donors (Lipinski definition) is 2. The Balaban J connectivity index is 2.08. The third kappa shape index (κ3) is 3.33. The quantitative estimate of drug-likeness (QED) is 0.841. The van der Waals surface area contributed by atoms with E-state index in [1.165, 1.54) is 11.1 Å². The Morgan fingerprint density at radius 3 is 2.12 bits per heavy atom. The molecule has 0 fully saturated rings. The summed E-state index contributed by atoms with van der Waals surface area (Å²) in [5, 5.41) is 12.4. The van der Waals surface area contributed by atoms with Crippen molar-refractivity contribution in [3.63, 3.8) is 0 Å². The maximum atomic E-state index is 9.18. The molecule has 0 aliphatic heterocycles.